The molecule has 1 aromatic heterocycles. The molecule has 2 aromatic rings. The molecule has 0 saturated heterocycles. The zero-order valence-corrected chi connectivity index (χ0v) is 11.6. The number of hydrogen-bond acceptors (Lipinski definition) is 3. The van der Waals surface area contributed by atoms with Gasteiger partial charge in [0.15, 0.2) is 0 Å². The zero-order chi connectivity index (χ0) is 13.8. The molecule has 0 amide bonds. The molecule has 0 saturated carbocycles. The summed E-state index contributed by atoms with van der Waals surface area (Å²) in [6, 6.07) is 7.94. The first-order valence-electron chi connectivity index (χ1n) is 6.33. The lowest BCUT2D eigenvalue weighted by Gasteiger charge is -2.14. The maximum Gasteiger partial charge on any atom is 0.122 e. The van der Waals surface area contributed by atoms with Gasteiger partial charge in [0.05, 0.1) is 13.2 Å². The highest BCUT2D eigenvalue weighted by atomic mass is 16.5. The Kier molecular flexibility index (Phi) is 4.17. The Morgan fingerprint density at radius 3 is 2.63 bits per heavy atom. The normalized spacial score (nSPS) is 12.2. The van der Waals surface area contributed by atoms with Gasteiger partial charge < -0.3 is 9.84 Å². The largest absolute Gasteiger partial charge is 0.496 e. The Balaban J connectivity index is 2.23. The van der Waals surface area contributed by atoms with Gasteiger partial charge in [-0.05, 0) is 36.6 Å². The van der Waals surface area contributed by atoms with Crippen LogP contribution in [0.1, 0.15) is 28.4 Å². The number of aliphatic hydroxyl groups excluding tert-OH is 1. The second-order valence-electron chi connectivity index (χ2n) is 4.83. The van der Waals surface area contributed by atoms with Crippen LogP contribution in [0.5, 0.6) is 5.75 Å². The maximum atomic E-state index is 10.3. The molecule has 0 aliphatic rings. The standard InChI is InChI=1S/C16H19NO2/c1-11-4-5-16(19-3)13(6-11)8-15(18)14-7-12(2)9-17-10-14/h4-7,9-10,15,18H,8H2,1-3H3. The topological polar surface area (TPSA) is 42.4 Å². The number of pyridine rings is 1. The first-order chi connectivity index (χ1) is 9.10. The number of rotatable bonds is 4. The summed E-state index contributed by atoms with van der Waals surface area (Å²) >= 11 is 0. The van der Waals surface area contributed by atoms with E-state index in [1.165, 1.54) is 0 Å². The summed E-state index contributed by atoms with van der Waals surface area (Å²) in [6.45, 7) is 4.00. The Morgan fingerprint density at radius 1 is 1.16 bits per heavy atom. The second-order valence-corrected chi connectivity index (χ2v) is 4.83. The minimum atomic E-state index is -0.567. The maximum absolute atomic E-state index is 10.3. The number of aromatic nitrogens is 1. The van der Waals surface area contributed by atoms with Crippen molar-refractivity contribution in [3.05, 3.63) is 58.9 Å². The van der Waals surface area contributed by atoms with E-state index in [0.717, 1.165) is 28.0 Å². The smallest absolute Gasteiger partial charge is 0.122 e. The van der Waals surface area contributed by atoms with Crippen molar-refractivity contribution in [3.63, 3.8) is 0 Å². The van der Waals surface area contributed by atoms with Gasteiger partial charge in [-0.1, -0.05) is 23.8 Å². The van der Waals surface area contributed by atoms with Crippen LogP contribution in [0.3, 0.4) is 0 Å². The lowest BCUT2D eigenvalue weighted by molar-refractivity contribution is 0.176. The average Bonchev–Trinajstić information content (AvgIpc) is 2.39. The van der Waals surface area contributed by atoms with Crippen LogP contribution >= 0.6 is 0 Å². The van der Waals surface area contributed by atoms with Gasteiger partial charge in [0.2, 0.25) is 0 Å². The molecular formula is C16H19NO2. The van der Waals surface area contributed by atoms with E-state index in [-0.39, 0.29) is 0 Å². The third-order valence-corrected chi connectivity index (χ3v) is 3.13. The molecule has 100 valence electrons. The van der Waals surface area contributed by atoms with Crippen molar-refractivity contribution < 1.29 is 9.84 Å². The van der Waals surface area contributed by atoms with Crippen molar-refractivity contribution in [3.8, 4) is 5.75 Å². The molecule has 0 fully saturated rings. The van der Waals surface area contributed by atoms with E-state index in [0.29, 0.717) is 6.42 Å². The van der Waals surface area contributed by atoms with Crippen LogP contribution in [0.4, 0.5) is 0 Å². The fourth-order valence-corrected chi connectivity index (χ4v) is 2.15. The van der Waals surface area contributed by atoms with Gasteiger partial charge in [-0.3, -0.25) is 4.98 Å². The number of aliphatic hydroxyl groups is 1. The highest BCUT2D eigenvalue weighted by Crippen LogP contribution is 2.26. The van der Waals surface area contributed by atoms with E-state index in [2.05, 4.69) is 4.98 Å². The number of hydrogen-bond donors (Lipinski definition) is 1. The van der Waals surface area contributed by atoms with Crippen molar-refractivity contribution in [2.75, 3.05) is 7.11 Å². The summed E-state index contributed by atoms with van der Waals surface area (Å²) in [4.78, 5) is 4.12. The van der Waals surface area contributed by atoms with Crippen LogP contribution in [0.2, 0.25) is 0 Å². The van der Waals surface area contributed by atoms with Gasteiger partial charge in [-0.2, -0.15) is 0 Å². The summed E-state index contributed by atoms with van der Waals surface area (Å²) in [5.41, 5.74) is 4.05. The summed E-state index contributed by atoms with van der Waals surface area (Å²) < 4.78 is 5.33. The van der Waals surface area contributed by atoms with E-state index < -0.39 is 6.10 Å². The third-order valence-electron chi connectivity index (χ3n) is 3.13. The van der Waals surface area contributed by atoms with E-state index in [4.69, 9.17) is 4.74 Å². The predicted octanol–water partition coefficient (Wildman–Crippen LogP) is 2.98. The molecule has 3 heteroatoms. The van der Waals surface area contributed by atoms with Gasteiger partial charge in [0.25, 0.3) is 0 Å². The molecule has 0 radical (unpaired) electrons. The van der Waals surface area contributed by atoms with E-state index in [1.54, 1.807) is 19.5 Å². The van der Waals surface area contributed by atoms with Crippen LogP contribution < -0.4 is 4.74 Å². The number of methoxy groups -OCH3 is 1. The molecule has 0 aliphatic heterocycles. The quantitative estimate of drug-likeness (QED) is 0.915. The Morgan fingerprint density at radius 2 is 1.95 bits per heavy atom. The van der Waals surface area contributed by atoms with E-state index in [9.17, 15) is 5.11 Å². The van der Waals surface area contributed by atoms with Gasteiger partial charge in [-0.15, -0.1) is 0 Å². The molecule has 1 aromatic carbocycles. The van der Waals surface area contributed by atoms with Gasteiger partial charge in [-0.25, -0.2) is 0 Å². The lowest BCUT2D eigenvalue weighted by atomic mass is 10.00. The van der Waals surface area contributed by atoms with Crippen molar-refractivity contribution in [2.45, 2.75) is 26.4 Å². The number of ether oxygens (including phenoxy) is 1. The first-order valence-corrected chi connectivity index (χ1v) is 6.33. The second kappa shape index (κ2) is 5.85. The molecule has 0 spiro atoms. The highest BCUT2D eigenvalue weighted by Gasteiger charge is 2.12. The average molecular weight is 257 g/mol. The molecule has 0 aliphatic carbocycles. The molecule has 3 nitrogen and oxygen atoms in total. The predicted molar refractivity (Wildman–Crippen MR) is 75.4 cm³/mol. The third kappa shape index (κ3) is 3.32. The minimum absolute atomic E-state index is 0.524. The molecule has 1 N–H and O–H groups in total. The van der Waals surface area contributed by atoms with Crippen LogP contribution in [0.25, 0.3) is 0 Å². The Labute approximate surface area is 113 Å². The fraction of sp³-hybridized carbons (Fsp3) is 0.312. The monoisotopic (exact) mass is 257 g/mol. The summed E-state index contributed by atoms with van der Waals surface area (Å²) in [5, 5.41) is 10.3. The van der Waals surface area contributed by atoms with Crippen molar-refractivity contribution in [2.24, 2.45) is 0 Å². The molecular weight excluding hydrogens is 238 g/mol. The number of nitrogens with zero attached hydrogens (tertiary/aromatic N) is 1. The molecule has 1 heterocycles. The fourth-order valence-electron chi connectivity index (χ4n) is 2.15. The van der Waals surface area contributed by atoms with Crippen molar-refractivity contribution in [1.29, 1.82) is 0 Å². The Hall–Kier alpha value is -1.87. The van der Waals surface area contributed by atoms with Crippen LogP contribution in [0, 0.1) is 13.8 Å². The summed E-state index contributed by atoms with van der Waals surface area (Å²) in [7, 11) is 1.65. The van der Waals surface area contributed by atoms with Gasteiger partial charge in [0, 0.05) is 18.8 Å². The van der Waals surface area contributed by atoms with Crippen molar-refractivity contribution in [1.82, 2.24) is 4.98 Å². The summed E-state index contributed by atoms with van der Waals surface area (Å²) in [6.07, 6.45) is 3.45. The zero-order valence-electron chi connectivity index (χ0n) is 11.6. The molecule has 2 rings (SSSR count). The SMILES string of the molecule is COc1ccc(C)cc1CC(O)c1cncc(C)c1. The highest BCUT2D eigenvalue weighted by molar-refractivity contribution is 5.38. The van der Waals surface area contributed by atoms with Crippen LogP contribution in [-0.2, 0) is 6.42 Å². The van der Waals surface area contributed by atoms with Crippen LogP contribution in [0.15, 0.2) is 36.7 Å². The van der Waals surface area contributed by atoms with Crippen LogP contribution in [-0.4, -0.2) is 17.2 Å². The first kappa shape index (κ1) is 13.6. The van der Waals surface area contributed by atoms with E-state index >= 15 is 0 Å². The van der Waals surface area contributed by atoms with Crippen molar-refractivity contribution >= 4 is 0 Å². The molecule has 1 atom stereocenters. The molecule has 19 heavy (non-hydrogen) atoms. The number of benzene rings is 1. The lowest BCUT2D eigenvalue weighted by Crippen LogP contribution is -2.04. The molecule has 1 unspecified atom stereocenters. The van der Waals surface area contributed by atoms with Gasteiger partial charge in [0.1, 0.15) is 5.75 Å². The number of aryl methyl sites for hydroxylation is 2. The van der Waals surface area contributed by atoms with E-state index in [1.807, 2.05) is 38.1 Å². The molecule has 0 bridgehead atoms. The Bertz CT molecular complexity index is 566. The summed E-state index contributed by atoms with van der Waals surface area (Å²) in [5.74, 6) is 0.810. The minimum Gasteiger partial charge on any atom is -0.496 e. The van der Waals surface area contributed by atoms with Gasteiger partial charge >= 0.3 is 0 Å².